The van der Waals surface area contributed by atoms with Crippen LogP contribution in [0.25, 0.3) is 22.3 Å². The van der Waals surface area contributed by atoms with E-state index in [1.165, 1.54) is 33.8 Å². The van der Waals surface area contributed by atoms with E-state index in [1.54, 1.807) is 23.3 Å². The third-order valence-corrected chi connectivity index (χ3v) is 13.6. The maximum absolute atomic E-state index is 12.9. The number of sulfonamides is 2. The molecule has 0 unspecified atom stereocenters. The maximum Gasteiger partial charge on any atom is 0.307 e. The number of aryl methyl sites for hydroxylation is 4. The van der Waals surface area contributed by atoms with Gasteiger partial charge in [-0.1, -0.05) is 24.3 Å². The summed E-state index contributed by atoms with van der Waals surface area (Å²) < 4.78 is 50.8. The van der Waals surface area contributed by atoms with E-state index in [4.69, 9.17) is 5.14 Å². The Bertz CT molecular complexity index is 2940. The van der Waals surface area contributed by atoms with Crippen molar-refractivity contribution >= 4 is 31.9 Å². The molecule has 16 nitrogen and oxygen atoms in total. The molecule has 1 amide bonds. The van der Waals surface area contributed by atoms with Gasteiger partial charge in [-0.25, -0.2) is 18.3 Å². The summed E-state index contributed by atoms with van der Waals surface area (Å²) in [6.45, 7) is 3.88. The van der Waals surface area contributed by atoms with E-state index in [9.17, 15) is 31.5 Å². The molecule has 2 fully saturated rings. The molecule has 18 heteroatoms. The van der Waals surface area contributed by atoms with Gasteiger partial charge < -0.3 is 5.11 Å². The Morgan fingerprint density at radius 3 is 1.78 bits per heavy atom. The average Bonchev–Trinajstić information content (AvgIpc) is 3.95. The van der Waals surface area contributed by atoms with Crippen molar-refractivity contribution in [2.75, 3.05) is 0 Å². The van der Waals surface area contributed by atoms with E-state index in [2.05, 4.69) is 48.2 Å². The van der Waals surface area contributed by atoms with Crippen molar-refractivity contribution in [3.8, 4) is 22.3 Å². The molecule has 6 aromatic rings. The smallest absolute Gasteiger partial charge is 0.307 e. The number of fused-ring (bicyclic) bond motifs is 2. The van der Waals surface area contributed by atoms with E-state index in [1.807, 2.05) is 44.2 Å². The van der Waals surface area contributed by atoms with Crippen LogP contribution in [0.4, 0.5) is 0 Å². The number of carboxylic acid groups (broad SMARTS) is 1. The second kappa shape index (κ2) is 17.9. The third kappa shape index (κ3) is 10.4. The predicted octanol–water partition coefficient (Wildman–Crippen LogP) is 5.56. The molecule has 2 aromatic carbocycles. The van der Waals surface area contributed by atoms with Crippen LogP contribution in [-0.2, 0) is 68.2 Å². The second-order valence-electron chi connectivity index (χ2n) is 16.5. The maximum atomic E-state index is 12.9. The number of nitrogens with one attached hydrogen (secondary N) is 1. The van der Waals surface area contributed by atoms with Crippen molar-refractivity contribution in [3.63, 3.8) is 0 Å². The normalized spacial score (nSPS) is 15.3. The van der Waals surface area contributed by atoms with Crippen LogP contribution < -0.4 is 9.86 Å². The van der Waals surface area contributed by atoms with E-state index >= 15 is 0 Å². The van der Waals surface area contributed by atoms with Gasteiger partial charge in [-0.2, -0.15) is 23.4 Å². The Labute approximate surface area is 366 Å². The van der Waals surface area contributed by atoms with Gasteiger partial charge in [0.2, 0.25) is 10.9 Å². The number of carboxylic acids is 1. The summed E-state index contributed by atoms with van der Waals surface area (Å²) in [5.74, 6) is -1.31. The largest absolute Gasteiger partial charge is 0.481 e. The number of benzene rings is 2. The zero-order valence-corrected chi connectivity index (χ0v) is 36.7. The van der Waals surface area contributed by atoms with Crippen molar-refractivity contribution in [1.29, 1.82) is 0 Å². The van der Waals surface area contributed by atoms with Gasteiger partial charge in [0.15, 0.2) is 5.03 Å². The van der Waals surface area contributed by atoms with E-state index < -0.39 is 31.9 Å². The van der Waals surface area contributed by atoms with Gasteiger partial charge in [0, 0.05) is 30.0 Å². The van der Waals surface area contributed by atoms with Gasteiger partial charge in [0.05, 0.1) is 31.1 Å². The van der Waals surface area contributed by atoms with E-state index in [0.717, 1.165) is 115 Å². The zero-order valence-electron chi connectivity index (χ0n) is 35.1. The number of aromatic nitrogens is 7. The fourth-order valence-corrected chi connectivity index (χ4v) is 9.60. The molecule has 0 spiro atoms. The lowest BCUT2D eigenvalue weighted by Crippen LogP contribution is -2.32. The molecule has 10 rings (SSSR count). The number of pyridine rings is 2. The van der Waals surface area contributed by atoms with Crippen LogP contribution in [0.2, 0.25) is 0 Å². The van der Waals surface area contributed by atoms with Crippen molar-refractivity contribution < 1.29 is 31.5 Å². The summed E-state index contributed by atoms with van der Waals surface area (Å²) in [6, 6.07) is 18.3. The van der Waals surface area contributed by atoms with Gasteiger partial charge >= 0.3 is 5.97 Å². The highest BCUT2D eigenvalue weighted by molar-refractivity contribution is 7.90. The summed E-state index contributed by atoms with van der Waals surface area (Å²) >= 11 is 0. The SMILES string of the molecule is Cc1cc(-c2ccc3c(c2CC(=O)NS(=O)(=O)c2ccn(C4CC4)n2)CCC3)ccn1.Cc1cc(-c2ccc3c(c2CC(=O)O)CCC3)ccn1.NS(=O)(=O)c1cnn(C2CC2)n1. The van der Waals surface area contributed by atoms with Crippen molar-refractivity contribution in [3.05, 3.63) is 124 Å². The van der Waals surface area contributed by atoms with Crippen molar-refractivity contribution in [2.45, 2.75) is 113 Å². The number of hydrogen-bond donors (Lipinski definition) is 3. The van der Waals surface area contributed by atoms with Crippen LogP contribution >= 0.6 is 0 Å². The molecule has 0 bridgehead atoms. The summed E-state index contributed by atoms with van der Waals surface area (Å²) in [4.78, 5) is 34.0. The second-order valence-corrected chi connectivity index (χ2v) is 19.6. The lowest BCUT2D eigenvalue weighted by Gasteiger charge is -2.15. The molecule has 63 heavy (non-hydrogen) atoms. The van der Waals surface area contributed by atoms with Gasteiger partial charge in [-0.15, -0.1) is 5.10 Å². The molecule has 4 N–H and O–H groups in total. The molecule has 0 aliphatic heterocycles. The lowest BCUT2D eigenvalue weighted by atomic mass is 9.91. The first-order chi connectivity index (χ1) is 30.1. The van der Waals surface area contributed by atoms with Crippen LogP contribution in [0, 0.1) is 13.8 Å². The van der Waals surface area contributed by atoms with Crippen LogP contribution in [0.1, 0.15) is 95.4 Å². The van der Waals surface area contributed by atoms with Gasteiger partial charge in [-0.05, 0) is 164 Å². The highest BCUT2D eigenvalue weighted by atomic mass is 32.2. The third-order valence-electron chi connectivity index (χ3n) is 11.6. The molecule has 2 saturated carbocycles. The zero-order chi connectivity index (χ0) is 44.5. The number of aliphatic carboxylic acids is 1. The molecule has 328 valence electrons. The first-order valence-electron chi connectivity index (χ1n) is 21.0. The fraction of sp³-hybridized carbons (Fsp3) is 0.356. The summed E-state index contributed by atoms with van der Waals surface area (Å²) in [7, 11) is -7.69. The van der Waals surface area contributed by atoms with Crippen LogP contribution in [-0.4, -0.2) is 68.6 Å². The molecule has 0 atom stereocenters. The fourth-order valence-electron chi connectivity index (χ4n) is 8.29. The minimum absolute atomic E-state index is 0.00242. The Kier molecular flexibility index (Phi) is 12.4. The number of rotatable bonds is 11. The highest BCUT2D eigenvalue weighted by Gasteiger charge is 2.29. The first kappa shape index (κ1) is 43.5. The number of nitrogens with zero attached hydrogens (tertiary/aromatic N) is 7. The topological polar surface area (TPSA) is 235 Å². The minimum Gasteiger partial charge on any atom is -0.481 e. The summed E-state index contributed by atoms with van der Waals surface area (Å²) in [6.07, 6.45) is 16.6. The monoisotopic (exact) mass is 891 g/mol. The molecule has 4 aromatic heterocycles. The number of carbonyl (C=O) groups excluding carboxylic acids is 1. The van der Waals surface area contributed by atoms with Crippen molar-refractivity contribution in [1.82, 2.24) is 39.5 Å². The molecular formula is C45H49N9O7S2. The van der Waals surface area contributed by atoms with Crippen molar-refractivity contribution in [2.24, 2.45) is 5.14 Å². The number of carbonyl (C=O) groups is 2. The van der Waals surface area contributed by atoms with Gasteiger partial charge in [0.1, 0.15) is 0 Å². The first-order valence-corrected chi connectivity index (χ1v) is 24.1. The van der Waals surface area contributed by atoms with Gasteiger partial charge in [-0.3, -0.25) is 24.2 Å². The van der Waals surface area contributed by atoms with E-state index in [-0.39, 0.29) is 35.0 Å². The number of nitrogens with two attached hydrogens (primary N) is 1. The standard InChI is InChI=1S/C23H24N4O3S.C17H17NO2.C5H8N4O2S/c1-15-13-17(9-11-24-15)20-8-5-16-3-2-4-19(16)21(20)14-22(28)26-31(29,30)23-10-12-27(25-23)18-6-7-18;1-11-9-13(7-8-18-11)15-6-5-12-3-2-4-14(12)16(15)10-17(19)20;6-12(10,11)5-3-7-9(8-5)4-1-2-4/h5,8-13,18H,2-4,6-7,14H2,1H3,(H,26,28);5-9H,2-4,10H2,1H3,(H,19,20);3-4H,1-2H2,(H2,6,10,11). The predicted molar refractivity (Wildman–Crippen MR) is 233 cm³/mol. The average molecular weight is 892 g/mol. The molecule has 4 aliphatic rings. The lowest BCUT2D eigenvalue weighted by molar-refractivity contribution is -0.136. The molecule has 4 aliphatic carbocycles. The Balaban J connectivity index is 0.000000145. The molecular weight excluding hydrogens is 843 g/mol. The number of primary sulfonamides is 1. The van der Waals surface area contributed by atoms with Gasteiger partial charge in [0.25, 0.3) is 20.0 Å². The Morgan fingerprint density at radius 2 is 1.29 bits per heavy atom. The van der Waals surface area contributed by atoms with Crippen LogP contribution in [0.3, 0.4) is 0 Å². The summed E-state index contributed by atoms with van der Waals surface area (Å²) in [5, 5.41) is 25.5. The highest BCUT2D eigenvalue weighted by Crippen LogP contribution is 2.37. The Hall–Kier alpha value is -6.11. The number of hydrogen-bond acceptors (Lipinski definition) is 11. The Morgan fingerprint density at radius 1 is 0.730 bits per heavy atom. The molecule has 0 saturated heterocycles. The minimum atomic E-state index is -4.00. The molecule has 0 radical (unpaired) electrons. The summed E-state index contributed by atoms with van der Waals surface area (Å²) in [5.41, 5.74) is 12.7. The number of amides is 1. The quantitative estimate of drug-likeness (QED) is 0.145. The van der Waals surface area contributed by atoms with Crippen LogP contribution in [0.15, 0.2) is 89.4 Å². The van der Waals surface area contributed by atoms with E-state index in [0.29, 0.717) is 0 Å². The van der Waals surface area contributed by atoms with Crippen LogP contribution in [0.5, 0.6) is 0 Å². The molecule has 4 heterocycles.